The normalized spacial score (nSPS) is 12.8. The third-order valence-electron chi connectivity index (χ3n) is 5.08. The third kappa shape index (κ3) is 3.97. The van der Waals surface area contributed by atoms with Gasteiger partial charge in [0.15, 0.2) is 17.1 Å². The summed E-state index contributed by atoms with van der Waals surface area (Å²) >= 11 is 0. The number of ketones is 2. The highest BCUT2D eigenvalue weighted by atomic mass is 16.5. The molecule has 2 aromatic rings. The lowest BCUT2D eigenvalue weighted by Crippen LogP contribution is -2.59. The number of aliphatic hydroxyl groups is 1. The summed E-state index contributed by atoms with van der Waals surface area (Å²) in [6.45, 7) is 2.19. The number of amides is 1. The van der Waals surface area contributed by atoms with Crippen LogP contribution in [0.25, 0.3) is 11.1 Å². The van der Waals surface area contributed by atoms with Crippen LogP contribution in [0.5, 0.6) is 5.75 Å². The molecule has 6 heteroatoms. The summed E-state index contributed by atoms with van der Waals surface area (Å²) in [7, 11) is 3.01. The van der Waals surface area contributed by atoms with Crippen LogP contribution in [-0.4, -0.2) is 53.8 Å². The van der Waals surface area contributed by atoms with Gasteiger partial charge in [-0.25, -0.2) is 0 Å². The summed E-state index contributed by atoms with van der Waals surface area (Å²) in [5.41, 5.74) is 0.533. The number of likely N-dealkylation sites (N-methyl/N-ethyl adjacent to an activating group) is 1. The maximum atomic E-state index is 12.9. The highest BCUT2D eigenvalue weighted by molar-refractivity contribution is 6.15. The molecule has 0 saturated carbocycles. The quantitative estimate of drug-likeness (QED) is 0.709. The Morgan fingerprint density at radius 1 is 0.964 bits per heavy atom. The highest BCUT2D eigenvalue weighted by Crippen LogP contribution is 2.25. The van der Waals surface area contributed by atoms with E-state index >= 15 is 0 Å². The minimum atomic E-state index is -1.70. The first-order valence-electron chi connectivity index (χ1n) is 8.99. The molecule has 0 aliphatic rings. The molecule has 0 radical (unpaired) electrons. The molecular weight excluding hydrogens is 358 g/mol. The van der Waals surface area contributed by atoms with Crippen molar-refractivity contribution in [2.45, 2.75) is 25.8 Å². The fourth-order valence-electron chi connectivity index (χ4n) is 3.01. The van der Waals surface area contributed by atoms with E-state index in [-0.39, 0.29) is 6.42 Å². The lowest BCUT2D eigenvalue weighted by Gasteiger charge is -2.35. The van der Waals surface area contributed by atoms with Crippen LogP contribution in [0.2, 0.25) is 0 Å². The second-order valence-corrected chi connectivity index (χ2v) is 6.60. The van der Waals surface area contributed by atoms with Crippen molar-refractivity contribution in [2.24, 2.45) is 0 Å². The van der Waals surface area contributed by atoms with Crippen molar-refractivity contribution in [3.05, 3.63) is 54.1 Å². The van der Waals surface area contributed by atoms with Gasteiger partial charge in [-0.1, -0.05) is 31.2 Å². The Morgan fingerprint density at radius 2 is 1.46 bits per heavy atom. The van der Waals surface area contributed by atoms with Crippen LogP contribution in [-0.2, 0) is 9.59 Å². The van der Waals surface area contributed by atoms with Gasteiger partial charge < -0.3 is 14.7 Å². The van der Waals surface area contributed by atoms with Crippen molar-refractivity contribution in [3.63, 3.8) is 0 Å². The lowest BCUT2D eigenvalue weighted by molar-refractivity contribution is -0.141. The number of nitrogens with zero attached hydrogens (tertiary/aromatic N) is 1. The monoisotopic (exact) mass is 383 g/mol. The van der Waals surface area contributed by atoms with Crippen LogP contribution in [0.15, 0.2) is 48.5 Å². The topological polar surface area (TPSA) is 83.9 Å². The molecule has 0 saturated heterocycles. The van der Waals surface area contributed by atoms with Crippen LogP contribution >= 0.6 is 0 Å². The molecule has 0 heterocycles. The Morgan fingerprint density at radius 3 is 1.89 bits per heavy atom. The van der Waals surface area contributed by atoms with Gasteiger partial charge in [-0.15, -0.1) is 0 Å². The fourth-order valence-corrected chi connectivity index (χ4v) is 3.01. The number of carbonyl (C=O) groups excluding carboxylic acids is 3. The predicted octanol–water partition coefficient (Wildman–Crippen LogP) is 2.73. The van der Waals surface area contributed by atoms with E-state index in [1.165, 1.54) is 14.0 Å². The molecule has 0 aromatic heterocycles. The van der Waals surface area contributed by atoms with Crippen molar-refractivity contribution in [1.29, 1.82) is 0 Å². The molecule has 0 aliphatic heterocycles. The molecule has 28 heavy (non-hydrogen) atoms. The zero-order chi connectivity index (χ0) is 20.9. The number of ether oxygens (including phenoxy) is 1. The first kappa shape index (κ1) is 21.3. The smallest absolute Gasteiger partial charge is 0.254 e. The molecule has 148 valence electrons. The molecule has 1 unspecified atom stereocenters. The molecule has 0 aliphatic carbocycles. The summed E-state index contributed by atoms with van der Waals surface area (Å²) in [4.78, 5) is 38.6. The minimum absolute atomic E-state index is 0.0796. The Hall–Kier alpha value is -2.99. The highest BCUT2D eigenvalue weighted by Gasteiger charge is 2.45. The van der Waals surface area contributed by atoms with Gasteiger partial charge in [-0.05, 0) is 42.3 Å². The van der Waals surface area contributed by atoms with E-state index in [0.717, 1.165) is 21.8 Å². The van der Waals surface area contributed by atoms with Crippen molar-refractivity contribution in [2.75, 3.05) is 20.8 Å². The first-order chi connectivity index (χ1) is 13.3. The van der Waals surface area contributed by atoms with Crippen molar-refractivity contribution in [1.82, 2.24) is 4.90 Å². The molecule has 0 fully saturated rings. The summed E-state index contributed by atoms with van der Waals surface area (Å²) in [6.07, 6.45) is 0.0796. The molecule has 1 amide bonds. The Kier molecular flexibility index (Phi) is 6.70. The van der Waals surface area contributed by atoms with E-state index in [0.29, 0.717) is 5.56 Å². The van der Waals surface area contributed by atoms with Crippen LogP contribution in [0.3, 0.4) is 0 Å². The van der Waals surface area contributed by atoms with Gasteiger partial charge in [0.1, 0.15) is 12.4 Å². The van der Waals surface area contributed by atoms with Crippen molar-refractivity contribution >= 4 is 17.5 Å². The third-order valence-corrected chi connectivity index (χ3v) is 5.08. The maximum Gasteiger partial charge on any atom is 0.254 e. The largest absolute Gasteiger partial charge is 0.497 e. The van der Waals surface area contributed by atoms with Crippen molar-refractivity contribution in [3.8, 4) is 16.9 Å². The van der Waals surface area contributed by atoms with E-state index in [4.69, 9.17) is 4.74 Å². The predicted molar refractivity (Wildman–Crippen MR) is 106 cm³/mol. The number of benzene rings is 2. The number of Topliss-reactive ketones (excluding diaryl/α,β-unsaturated/α-hetero) is 2. The average molecular weight is 383 g/mol. The SMILES string of the molecule is CCC(=O)C(C)(C(=O)CO)N(C)C(=O)c1ccc(-c2ccc(OC)cc2)cc1. The molecule has 1 atom stereocenters. The summed E-state index contributed by atoms with van der Waals surface area (Å²) in [5.74, 6) is -0.833. The van der Waals surface area contributed by atoms with Crippen LogP contribution < -0.4 is 4.74 Å². The van der Waals surface area contributed by atoms with Crippen LogP contribution in [0.4, 0.5) is 0 Å². The fraction of sp³-hybridized carbons (Fsp3) is 0.318. The molecular formula is C22H25NO5. The minimum Gasteiger partial charge on any atom is -0.497 e. The molecule has 1 N–H and O–H groups in total. The van der Waals surface area contributed by atoms with E-state index in [1.54, 1.807) is 38.3 Å². The first-order valence-corrected chi connectivity index (χ1v) is 8.99. The maximum absolute atomic E-state index is 12.9. The summed E-state index contributed by atoms with van der Waals surface area (Å²) < 4.78 is 5.15. The van der Waals surface area contributed by atoms with Crippen LogP contribution in [0, 0.1) is 0 Å². The zero-order valence-electron chi connectivity index (χ0n) is 16.6. The molecule has 2 aromatic carbocycles. The summed E-state index contributed by atoms with van der Waals surface area (Å²) in [6, 6.07) is 14.4. The molecule has 6 nitrogen and oxygen atoms in total. The lowest BCUT2D eigenvalue weighted by atomic mass is 9.87. The van der Waals surface area contributed by atoms with Gasteiger partial charge in [-0.3, -0.25) is 14.4 Å². The van der Waals surface area contributed by atoms with Gasteiger partial charge >= 0.3 is 0 Å². The number of aliphatic hydroxyl groups excluding tert-OH is 1. The van der Waals surface area contributed by atoms with E-state index < -0.39 is 29.6 Å². The van der Waals surface area contributed by atoms with Gasteiger partial charge in [0.2, 0.25) is 0 Å². The second-order valence-electron chi connectivity index (χ2n) is 6.60. The van der Waals surface area contributed by atoms with Gasteiger partial charge in [0.05, 0.1) is 7.11 Å². The standard InChI is InChI=1S/C22H25NO5/c1-5-19(25)22(2,20(26)14-24)23(3)21(27)17-8-6-15(7-9-17)16-10-12-18(28-4)13-11-16/h6-13,24H,5,14H2,1-4H3. The van der Waals surface area contributed by atoms with Gasteiger partial charge in [0.25, 0.3) is 5.91 Å². The Bertz CT molecular complexity index is 840. The van der Waals surface area contributed by atoms with E-state index in [9.17, 15) is 19.5 Å². The second kappa shape index (κ2) is 8.80. The average Bonchev–Trinajstić information content (AvgIpc) is 2.76. The summed E-state index contributed by atoms with van der Waals surface area (Å²) in [5, 5.41) is 9.27. The number of hydrogen-bond acceptors (Lipinski definition) is 5. The van der Waals surface area contributed by atoms with Crippen molar-refractivity contribution < 1.29 is 24.2 Å². The Balaban J connectivity index is 2.29. The van der Waals surface area contributed by atoms with Crippen LogP contribution in [0.1, 0.15) is 30.6 Å². The van der Waals surface area contributed by atoms with E-state index in [1.807, 2.05) is 24.3 Å². The Labute approximate surface area is 164 Å². The molecule has 0 spiro atoms. The van der Waals surface area contributed by atoms with Gasteiger partial charge in [0, 0.05) is 19.0 Å². The number of carbonyl (C=O) groups is 3. The number of hydrogen-bond donors (Lipinski definition) is 1. The van der Waals surface area contributed by atoms with E-state index in [2.05, 4.69) is 0 Å². The number of rotatable bonds is 8. The number of methoxy groups -OCH3 is 1. The molecule has 2 rings (SSSR count). The molecule has 0 bridgehead atoms. The zero-order valence-corrected chi connectivity index (χ0v) is 16.6. The van der Waals surface area contributed by atoms with Gasteiger partial charge in [-0.2, -0.15) is 0 Å².